The van der Waals surface area contributed by atoms with Gasteiger partial charge in [0.25, 0.3) is 5.91 Å². The Morgan fingerprint density at radius 2 is 1.63 bits per heavy atom. The van der Waals surface area contributed by atoms with E-state index in [1.165, 1.54) is 16.7 Å². The largest absolute Gasteiger partial charge is 0.352 e. The van der Waals surface area contributed by atoms with Gasteiger partial charge in [0.2, 0.25) is 0 Å². The van der Waals surface area contributed by atoms with Gasteiger partial charge < -0.3 is 11.1 Å². The lowest BCUT2D eigenvalue weighted by Gasteiger charge is -2.09. The van der Waals surface area contributed by atoms with Gasteiger partial charge >= 0.3 is 0 Å². The fraction of sp³-hybridized carbons (Fsp3) is 0.500. The molecule has 0 aliphatic rings. The van der Waals surface area contributed by atoms with E-state index in [1.807, 2.05) is 24.3 Å². The number of thioether (sulfide) groups is 1. The van der Waals surface area contributed by atoms with Crippen molar-refractivity contribution in [3.63, 3.8) is 0 Å². The van der Waals surface area contributed by atoms with E-state index in [9.17, 15) is 4.79 Å². The van der Waals surface area contributed by atoms with Crippen LogP contribution in [0, 0.1) is 0 Å². The summed E-state index contributed by atoms with van der Waals surface area (Å²) in [6.07, 6.45) is 13.3. The van der Waals surface area contributed by atoms with Crippen LogP contribution in [0.2, 0.25) is 0 Å². The molecule has 1 amide bonds. The number of unbranched alkanes of at least 4 members (excludes halogenated alkanes) is 1. The molecule has 0 saturated heterocycles. The van der Waals surface area contributed by atoms with Crippen molar-refractivity contribution in [1.29, 1.82) is 0 Å². The molecule has 1 aromatic carbocycles. The van der Waals surface area contributed by atoms with E-state index >= 15 is 0 Å². The van der Waals surface area contributed by atoms with Crippen molar-refractivity contribution < 1.29 is 4.79 Å². The molecule has 0 radical (unpaired) electrons. The topological polar surface area (TPSA) is 55.1 Å². The minimum absolute atomic E-state index is 0.00421. The standard InChI is InChI=1S/C26H40N2OS/c1-21(2)11-9-12-22(3)13-10-14-23(4)17-20-30-25-16-6-5-15-24(25)26(29)28-19-8-7-18-27/h5-6,11,13,15-17H,7-10,12,14,18-20,27H2,1-4H3,(H,28,29)/b22-13+,23-17+. The second-order valence-corrected chi connectivity index (χ2v) is 9.08. The number of allylic oxidation sites excluding steroid dienone is 5. The lowest BCUT2D eigenvalue weighted by atomic mass is 10.1. The third-order valence-corrected chi connectivity index (χ3v) is 5.84. The van der Waals surface area contributed by atoms with Crippen LogP contribution in [0.15, 0.2) is 64.1 Å². The molecule has 0 unspecified atom stereocenters. The van der Waals surface area contributed by atoms with Crippen LogP contribution in [-0.4, -0.2) is 24.7 Å². The Balaban J connectivity index is 2.45. The van der Waals surface area contributed by atoms with Crippen molar-refractivity contribution in [2.24, 2.45) is 5.73 Å². The van der Waals surface area contributed by atoms with Crippen molar-refractivity contribution >= 4 is 17.7 Å². The highest BCUT2D eigenvalue weighted by Gasteiger charge is 2.10. The first-order valence-corrected chi connectivity index (χ1v) is 12.1. The predicted molar refractivity (Wildman–Crippen MR) is 133 cm³/mol. The summed E-state index contributed by atoms with van der Waals surface area (Å²) in [7, 11) is 0. The van der Waals surface area contributed by atoms with Crippen LogP contribution in [0.3, 0.4) is 0 Å². The van der Waals surface area contributed by atoms with Crippen LogP contribution >= 0.6 is 11.8 Å². The smallest absolute Gasteiger partial charge is 0.252 e. The molecule has 3 nitrogen and oxygen atoms in total. The first-order valence-electron chi connectivity index (χ1n) is 11.1. The molecule has 0 aliphatic heterocycles. The molecular weight excluding hydrogens is 388 g/mol. The maximum absolute atomic E-state index is 12.5. The molecule has 0 fully saturated rings. The number of amides is 1. The lowest BCUT2D eigenvalue weighted by Crippen LogP contribution is -2.25. The summed E-state index contributed by atoms with van der Waals surface area (Å²) < 4.78 is 0. The fourth-order valence-electron chi connectivity index (χ4n) is 2.96. The highest BCUT2D eigenvalue weighted by molar-refractivity contribution is 7.99. The number of benzene rings is 1. The molecule has 166 valence electrons. The second-order valence-electron chi connectivity index (χ2n) is 8.02. The number of rotatable bonds is 14. The maximum atomic E-state index is 12.5. The lowest BCUT2D eigenvalue weighted by molar-refractivity contribution is 0.0950. The summed E-state index contributed by atoms with van der Waals surface area (Å²) in [5.74, 6) is 0.886. The molecule has 0 heterocycles. The van der Waals surface area contributed by atoms with Crippen LogP contribution in [-0.2, 0) is 0 Å². The SMILES string of the molecule is CC(C)=CCC/C(C)=C/CC/C(C)=C/CSc1ccccc1C(=O)NCCCCN. The number of carbonyl (C=O) groups excluding carboxylic acids is 1. The van der Waals surface area contributed by atoms with Crippen molar-refractivity contribution in [3.05, 3.63) is 64.8 Å². The average molecular weight is 429 g/mol. The van der Waals surface area contributed by atoms with Gasteiger partial charge in [0.1, 0.15) is 0 Å². The summed E-state index contributed by atoms with van der Waals surface area (Å²) >= 11 is 1.72. The number of nitrogens with two attached hydrogens (primary N) is 1. The molecule has 1 rings (SSSR count). The molecule has 30 heavy (non-hydrogen) atoms. The Morgan fingerprint density at radius 1 is 0.967 bits per heavy atom. The van der Waals surface area contributed by atoms with Gasteiger partial charge in [0, 0.05) is 17.2 Å². The van der Waals surface area contributed by atoms with E-state index < -0.39 is 0 Å². The minimum Gasteiger partial charge on any atom is -0.352 e. The molecule has 3 N–H and O–H groups in total. The summed E-state index contributed by atoms with van der Waals surface area (Å²) in [5, 5.41) is 3.00. The molecule has 0 saturated carbocycles. The predicted octanol–water partition coefficient (Wildman–Crippen LogP) is 6.67. The molecule has 0 aromatic heterocycles. The van der Waals surface area contributed by atoms with Gasteiger partial charge in [-0.15, -0.1) is 11.8 Å². The normalized spacial score (nSPS) is 12.0. The van der Waals surface area contributed by atoms with Crippen molar-refractivity contribution in [3.8, 4) is 0 Å². The average Bonchev–Trinajstić information content (AvgIpc) is 2.71. The van der Waals surface area contributed by atoms with Gasteiger partial charge in [-0.25, -0.2) is 0 Å². The zero-order valence-electron chi connectivity index (χ0n) is 19.3. The van der Waals surface area contributed by atoms with Crippen molar-refractivity contribution in [2.45, 2.75) is 71.1 Å². The van der Waals surface area contributed by atoms with Crippen LogP contribution in [0.5, 0.6) is 0 Å². The summed E-state index contributed by atoms with van der Waals surface area (Å²) in [4.78, 5) is 13.5. The Kier molecular flexibility index (Phi) is 14.0. The first kappa shape index (κ1) is 26.3. The Bertz CT molecular complexity index is 730. The number of carbonyl (C=O) groups is 1. The minimum atomic E-state index is 0.00421. The Morgan fingerprint density at radius 3 is 2.33 bits per heavy atom. The zero-order valence-corrected chi connectivity index (χ0v) is 20.1. The van der Waals surface area contributed by atoms with Crippen molar-refractivity contribution in [1.82, 2.24) is 5.32 Å². The molecular formula is C26H40N2OS. The summed E-state index contributed by atoms with van der Waals surface area (Å²) in [6.45, 7) is 10.1. The van der Waals surface area contributed by atoms with Gasteiger partial charge in [-0.1, -0.05) is 47.1 Å². The van der Waals surface area contributed by atoms with E-state index in [-0.39, 0.29) is 5.91 Å². The third-order valence-electron chi connectivity index (χ3n) is 4.84. The van der Waals surface area contributed by atoms with Crippen LogP contribution in [0.25, 0.3) is 0 Å². The van der Waals surface area contributed by atoms with Gasteiger partial charge in [0.05, 0.1) is 5.56 Å². The second kappa shape index (κ2) is 16.0. The Hall–Kier alpha value is -1.78. The number of hydrogen-bond donors (Lipinski definition) is 2. The van der Waals surface area contributed by atoms with E-state index in [1.54, 1.807) is 11.8 Å². The van der Waals surface area contributed by atoms with E-state index in [0.717, 1.165) is 54.7 Å². The highest BCUT2D eigenvalue weighted by atomic mass is 32.2. The van der Waals surface area contributed by atoms with Gasteiger partial charge in [-0.05, 0) is 84.9 Å². The zero-order chi connectivity index (χ0) is 22.2. The molecule has 1 aromatic rings. The van der Waals surface area contributed by atoms with E-state index in [0.29, 0.717) is 13.1 Å². The third kappa shape index (κ3) is 12.0. The van der Waals surface area contributed by atoms with Gasteiger partial charge in [-0.2, -0.15) is 0 Å². The van der Waals surface area contributed by atoms with E-state index in [2.05, 4.69) is 51.2 Å². The fourth-order valence-corrected chi connectivity index (χ4v) is 4.00. The number of hydrogen-bond acceptors (Lipinski definition) is 3. The number of nitrogens with one attached hydrogen (secondary N) is 1. The summed E-state index contributed by atoms with van der Waals surface area (Å²) in [6, 6.07) is 7.85. The van der Waals surface area contributed by atoms with Crippen LogP contribution in [0.4, 0.5) is 0 Å². The molecule has 0 aliphatic carbocycles. The van der Waals surface area contributed by atoms with E-state index in [4.69, 9.17) is 5.73 Å². The van der Waals surface area contributed by atoms with Gasteiger partial charge in [0.15, 0.2) is 0 Å². The Labute approximate surface area is 188 Å². The highest BCUT2D eigenvalue weighted by Crippen LogP contribution is 2.23. The summed E-state index contributed by atoms with van der Waals surface area (Å²) in [5.41, 5.74) is 10.5. The maximum Gasteiger partial charge on any atom is 0.252 e. The van der Waals surface area contributed by atoms with Crippen LogP contribution in [0.1, 0.15) is 76.6 Å². The molecule has 0 atom stereocenters. The molecule has 0 bridgehead atoms. The molecule has 0 spiro atoms. The van der Waals surface area contributed by atoms with Crippen molar-refractivity contribution in [2.75, 3.05) is 18.8 Å². The monoisotopic (exact) mass is 428 g/mol. The van der Waals surface area contributed by atoms with Crippen LogP contribution < -0.4 is 11.1 Å². The first-order chi connectivity index (χ1) is 14.4. The van der Waals surface area contributed by atoms with Gasteiger partial charge in [-0.3, -0.25) is 4.79 Å². The molecule has 4 heteroatoms. The quantitative estimate of drug-likeness (QED) is 0.198.